The number of anilines is 1. The Kier molecular flexibility index (Phi) is 6.91. The Bertz CT molecular complexity index is 1190. The Morgan fingerprint density at radius 1 is 1.05 bits per heavy atom. The van der Waals surface area contributed by atoms with Gasteiger partial charge in [-0.05, 0) is 82.7 Å². The summed E-state index contributed by atoms with van der Waals surface area (Å²) in [6.07, 6.45) is 2.36. The fourth-order valence-electron chi connectivity index (χ4n) is 6.60. The summed E-state index contributed by atoms with van der Waals surface area (Å²) in [5.41, 5.74) is 0.684. The minimum Gasteiger partial charge on any atom is -0.476 e. The molecule has 3 aliphatic rings. The number of carboxylic acid groups (broad SMARTS) is 1. The lowest BCUT2D eigenvalue weighted by molar-refractivity contribution is -0.137. The fraction of sp³-hybridized carbons (Fsp3) is 0.593. The van der Waals surface area contributed by atoms with E-state index in [0.717, 1.165) is 55.3 Å². The number of carboxylic acids is 1. The van der Waals surface area contributed by atoms with Crippen molar-refractivity contribution in [3.63, 3.8) is 0 Å². The molecule has 2 aromatic rings. The Morgan fingerprint density at radius 2 is 1.74 bits per heavy atom. The van der Waals surface area contributed by atoms with Crippen molar-refractivity contribution in [2.24, 2.45) is 0 Å². The van der Waals surface area contributed by atoms with Crippen molar-refractivity contribution < 1.29 is 27.9 Å². The smallest absolute Gasteiger partial charge is 0.416 e. The molecular weight excluding hydrogens is 499 g/mol. The van der Waals surface area contributed by atoms with Crippen LogP contribution in [0.2, 0.25) is 0 Å². The van der Waals surface area contributed by atoms with Crippen molar-refractivity contribution >= 4 is 17.7 Å². The van der Waals surface area contributed by atoms with Crippen molar-refractivity contribution in [3.05, 3.63) is 47.3 Å². The molecule has 1 N–H and O–H groups in total. The highest BCUT2D eigenvalue weighted by atomic mass is 19.4. The van der Waals surface area contributed by atoms with Crippen LogP contribution in [0.1, 0.15) is 74.0 Å². The zero-order valence-electron chi connectivity index (χ0n) is 21.7. The third-order valence-corrected chi connectivity index (χ3v) is 8.71. The van der Waals surface area contributed by atoms with E-state index >= 15 is 0 Å². The van der Waals surface area contributed by atoms with E-state index in [1.807, 2.05) is 0 Å². The number of hydrogen-bond acceptors (Lipinski definition) is 5. The minimum atomic E-state index is -4.40. The van der Waals surface area contributed by atoms with Gasteiger partial charge < -0.3 is 14.9 Å². The van der Waals surface area contributed by atoms with Gasteiger partial charge in [-0.25, -0.2) is 9.59 Å². The number of piperidine rings is 1. The molecule has 0 saturated carbocycles. The Labute approximate surface area is 220 Å². The second-order valence-corrected chi connectivity index (χ2v) is 11.0. The van der Waals surface area contributed by atoms with Gasteiger partial charge in [0.1, 0.15) is 0 Å². The van der Waals surface area contributed by atoms with Crippen molar-refractivity contribution in [2.45, 2.75) is 82.7 Å². The summed E-state index contributed by atoms with van der Waals surface area (Å²) in [5, 5.41) is 12.9. The van der Waals surface area contributed by atoms with Crippen LogP contribution in [-0.2, 0) is 12.7 Å². The van der Waals surface area contributed by atoms with Gasteiger partial charge in [0.05, 0.1) is 5.56 Å². The number of rotatable bonds is 4. The van der Waals surface area contributed by atoms with Gasteiger partial charge in [0.2, 0.25) is 0 Å². The molecule has 2 atom stereocenters. The summed E-state index contributed by atoms with van der Waals surface area (Å²) in [6, 6.07) is 5.48. The van der Waals surface area contributed by atoms with Crippen LogP contribution in [0.25, 0.3) is 0 Å². The van der Waals surface area contributed by atoms with Crippen LogP contribution in [0.15, 0.2) is 30.5 Å². The Hall–Kier alpha value is -3.08. The number of halogens is 3. The van der Waals surface area contributed by atoms with Gasteiger partial charge in [-0.1, -0.05) is 6.07 Å². The van der Waals surface area contributed by atoms with E-state index in [1.54, 1.807) is 11.0 Å². The topological polar surface area (TPSA) is 81.9 Å². The normalized spacial score (nSPS) is 23.9. The molecule has 1 amide bonds. The SMILES string of the molecule is C[C@@H]1CC[C@@H](C)N1c1cc(C(F)(F)F)ccc1CN1CCCC12CCN(C(=O)n1ccc(C(=O)O)n1)CC2. The van der Waals surface area contributed by atoms with Crippen molar-refractivity contribution in [1.82, 2.24) is 19.6 Å². The van der Waals surface area contributed by atoms with E-state index in [2.05, 4.69) is 28.7 Å². The molecule has 38 heavy (non-hydrogen) atoms. The molecule has 0 aliphatic carbocycles. The number of benzene rings is 1. The maximum absolute atomic E-state index is 13.6. The highest BCUT2D eigenvalue weighted by molar-refractivity contribution is 5.86. The van der Waals surface area contributed by atoms with E-state index in [-0.39, 0.29) is 29.3 Å². The molecule has 1 aromatic carbocycles. The fourth-order valence-corrected chi connectivity index (χ4v) is 6.60. The van der Waals surface area contributed by atoms with Crippen molar-refractivity contribution in [1.29, 1.82) is 0 Å². The van der Waals surface area contributed by atoms with E-state index in [9.17, 15) is 22.8 Å². The van der Waals surface area contributed by atoms with Gasteiger partial charge in [0.25, 0.3) is 0 Å². The average molecular weight is 534 g/mol. The number of carbonyl (C=O) groups excluding carboxylic acids is 1. The van der Waals surface area contributed by atoms with Crippen molar-refractivity contribution in [3.8, 4) is 0 Å². The maximum atomic E-state index is 13.6. The molecule has 3 saturated heterocycles. The van der Waals surface area contributed by atoms with E-state index in [1.165, 1.54) is 24.4 Å². The van der Waals surface area contributed by atoms with Gasteiger partial charge in [0, 0.05) is 49.1 Å². The number of nitrogens with zero attached hydrogens (tertiary/aromatic N) is 5. The predicted molar refractivity (Wildman–Crippen MR) is 135 cm³/mol. The Morgan fingerprint density at radius 3 is 2.34 bits per heavy atom. The van der Waals surface area contributed by atoms with Crippen LogP contribution in [-0.4, -0.2) is 73.9 Å². The molecule has 1 aromatic heterocycles. The van der Waals surface area contributed by atoms with Gasteiger partial charge in [-0.3, -0.25) is 4.90 Å². The molecule has 0 radical (unpaired) electrons. The monoisotopic (exact) mass is 533 g/mol. The molecule has 11 heteroatoms. The summed E-state index contributed by atoms with van der Waals surface area (Å²) in [7, 11) is 0. The lowest BCUT2D eigenvalue weighted by Crippen LogP contribution is -2.53. The van der Waals surface area contributed by atoms with Crippen molar-refractivity contribution in [2.75, 3.05) is 24.5 Å². The number of alkyl halides is 3. The summed E-state index contributed by atoms with van der Waals surface area (Å²) < 4.78 is 42.0. The second kappa shape index (κ2) is 9.91. The third kappa shape index (κ3) is 4.88. The van der Waals surface area contributed by atoms with Gasteiger partial charge in [0.15, 0.2) is 5.69 Å². The van der Waals surface area contributed by atoms with Gasteiger partial charge in [-0.15, -0.1) is 0 Å². The van der Waals surface area contributed by atoms with Crippen LogP contribution in [0.5, 0.6) is 0 Å². The molecule has 1 spiro atoms. The number of amides is 1. The highest BCUT2D eigenvalue weighted by Crippen LogP contribution is 2.43. The van der Waals surface area contributed by atoms with Gasteiger partial charge >= 0.3 is 18.2 Å². The van der Waals surface area contributed by atoms with Crippen LogP contribution in [0, 0.1) is 0 Å². The Balaban J connectivity index is 1.34. The second-order valence-electron chi connectivity index (χ2n) is 11.0. The number of hydrogen-bond donors (Lipinski definition) is 1. The molecular formula is C27H34F3N5O3. The summed E-state index contributed by atoms with van der Waals surface area (Å²) >= 11 is 0. The maximum Gasteiger partial charge on any atom is 0.416 e. The zero-order chi connectivity index (χ0) is 27.2. The lowest BCUT2D eigenvalue weighted by Gasteiger charge is -2.45. The predicted octanol–water partition coefficient (Wildman–Crippen LogP) is 5.08. The summed E-state index contributed by atoms with van der Waals surface area (Å²) in [6.45, 7) is 6.61. The van der Waals surface area contributed by atoms with E-state index in [0.29, 0.717) is 25.3 Å². The van der Waals surface area contributed by atoms with Crippen LogP contribution < -0.4 is 4.90 Å². The molecule has 3 fully saturated rings. The summed E-state index contributed by atoms with van der Waals surface area (Å²) in [5.74, 6) is -1.18. The van der Waals surface area contributed by atoms with Crippen LogP contribution in [0.3, 0.4) is 0 Å². The molecule has 8 nitrogen and oxygen atoms in total. The molecule has 5 rings (SSSR count). The molecule has 206 valence electrons. The molecule has 0 unspecified atom stereocenters. The standard InChI is InChI=1S/C27H34F3N5O3/c1-18-4-5-19(2)35(18)23-16-21(27(28,29)30)7-6-20(23)17-33-12-3-9-26(33)10-14-32(15-11-26)25(38)34-13-8-22(31-34)24(36)37/h6-8,13,16,18-19H,3-5,9-12,14-15,17H2,1-2H3,(H,36,37)/t18-,19-/m1/s1. The largest absolute Gasteiger partial charge is 0.476 e. The number of likely N-dealkylation sites (tertiary alicyclic amines) is 2. The first-order valence-electron chi connectivity index (χ1n) is 13.3. The van der Waals surface area contributed by atoms with Crippen LogP contribution in [0.4, 0.5) is 23.7 Å². The quantitative estimate of drug-likeness (QED) is 0.591. The first-order chi connectivity index (χ1) is 18.0. The molecule has 4 heterocycles. The molecule has 3 aliphatic heterocycles. The minimum absolute atomic E-state index is 0.116. The number of aromatic carboxylic acids is 1. The third-order valence-electron chi connectivity index (χ3n) is 8.71. The summed E-state index contributed by atoms with van der Waals surface area (Å²) in [4.78, 5) is 30.3. The number of aromatic nitrogens is 2. The average Bonchev–Trinajstić information content (AvgIpc) is 3.59. The number of carbonyl (C=O) groups is 2. The highest BCUT2D eigenvalue weighted by Gasteiger charge is 2.44. The van der Waals surface area contributed by atoms with E-state index < -0.39 is 17.7 Å². The first kappa shape index (κ1) is 26.5. The molecule has 0 bridgehead atoms. The lowest BCUT2D eigenvalue weighted by atomic mass is 9.84. The first-order valence-corrected chi connectivity index (χ1v) is 13.3. The van der Waals surface area contributed by atoms with Gasteiger partial charge in [-0.2, -0.15) is 23.0 Å². The zero-order valence-corrected chi connectivity index (χ0v) is 21.7. The van der Waals surface area contributed by atoms with Crippen LogP contribution >= 0.6 is 0 Å². The van der Waals surface area contributed by atoms with E-state index in [4.69, 9.17) is 5.11 Å².